The number of nitrogens with one attached hydrogen (secondary N) is 1. The van der Waals surface area contributed by atoms with Crippen LogP contribution in [0.4, 0.5) is 17.1 Å². The van der Waals surface area contributed by atoms with E-state index in [4.69, 9.17) is 4.42 Å². The molecule has 1 aliphatic carbocycles. The summed E-state index contributed by atoms with van der Waals surface area (Å²) in [7, 11) is -3.97. The van der Waals surface area contributed by atoms with E-state index in [2.05, 4.69) is 9.71 Å². The normalized spacial score (nSPS) is 17.4. The van der Waals surface area contributed by atoms with E-state index in [1.165, 1.54) is 18.6 Å². The number of nitrogens with zero attached hydrogens (tertiary/aromatic N) is 2. The molecule has 5 rings (SSSR count). The van der Waals surface area contributed by atoms with E-state index in [-0.39, 0.29) is 22.6 Å². The second-order valence-electron chi connectivity index (χ2n) is 7.02. The summed E-state index contributed by atoms with van der Waals surface area (Å²) in [5.41, 5.74) is 2.22. The van der Waals surface area contributed by atoms with Crippen LogP contribution < -0.4 is 10.2 Å². The van der Waals surface area contributed by atoms with Crippen LogP contribution in [-0.2, 0) is 14.8 Å². The average molecular weight is 407 g/mol. The smallest absolute Gasteiger partial charge is 0.286 e. The van der Waals surface area contributed by atoms with Crippen molar-refractivity contribution in [2.45, 2.75) is 17.7 Å². The van der Waals surface area contributed by atoms with E-state index >= 15 is 0 Å². The molecule has 29 heavy (non-hydrogen) atoms. The Labute approximate surface area is 167 Å². The quantitative estimate of drug-likeness (QED) is 0.708. The molecule has 1 amide bonds. The van der Waals surface area contributed by atoms with Gasteiger partial charge in [-0.2, -0.15) is 8.42 Å². The minimum Gasteiger partial charge on any atom is -0.472 e. The van der Waals surface area contributed by atoms with E-state index in [1.54, 1.807) is 23.1 Å². The van der Waals surface area contributed by atoms with Crippen LogP contribution in [0.1, 0.15) is 18.4 Å². The monoisotopic (exact) mass is 407 g/mol. The molecule has 2 aromatic carbocycles. The number of rotatable bonds is 4. The minimum absolute atomic E-state index is 0.0224. The zero-order chi connectivity index (χ0) is 20.0. The average Bonchev–Trinajstić information content (AvgIpc) is 3.43. The molecule has 0 bridgehead atoms. The van der Waals surface area contributed by atoms with Gasteiger partial charge in [0, 0.05) is 17.3 Å². The van der Waals surface area contributed by atoms with Crippen molar-refractivity contribution in [1.29, 1.82) is 0 Å². The number of benzene rings is 2. The Kier molecular flexibility index (Phi) is 4.02. The Morgan fingerprint density at radius 3 is 2.59 bits per heavy atom. The largest absolute Gasteiger partial charge is 0.472 e. The fourth-order valence-electron chi connectivity index (χ4n) is 3.30. The van der Waals surface area contributed by atoms with Gasteiger partial charge in [-0.1, -0.05) is 18.2 Å². The van der Waals surface area contributed by atoms with E-state index in [0.29, 0.717) is 16.9 Å². The predicted molar refractivity (Wildman–Crippen MR) is 109 cm³/mol. The summed E-state index contributed by atoms with van der Waals surface area (Å²) < 4.78 is 35.2. The maximum Gasteiger partial charge on any atom is 0.286 e. The third kappa shape index (κ3) is 3.21. The lowest BCUT2D eigenvalue weighted by Gasteiger charge is -2.30. The highest BCUT2D eigenvalue weighted by molar-refractivity contribution is 7.90. The second kappa shape index (κ2) is 6.59. The number of amides is 1. The standard InChI is InChI=1S/C21H17N3O4S/c25-21(14-6-7-14)22-16-8-9-18-19(12-16)29(26,27)23-20(15-10-11-28-13-15)24(18)17-4-2-1-3-5-17/h1-5,8-14H,6-7H2,(H,22,25). The summed E-state index contributed by atoms with van der Waals surface area (Å²) in [6.07, 6.45) is 4.67. The molecule has 146 valence electrons. The lowest BCUT2D eigenvalue weighted by atomic mass is 10.1. The number of sulfonamides is 1. The molecular weight excluding hydrogens is 390 g/mol. The highest BCUT2D eigenvalue weighted by atomic mass is 32.2. The molecular formula is C21H17N3O4S. The number of hydrogen-bond acceptors (Lipinski definition) is 5. The molecule has 1 saturated carbocycles. The number of carbonyl (C=O) groups excluding carboxylic acids is 1. The summed E-state index contributed by atoms with van der Waals surface area (Å²) in [5.74, 6) is 0.196. The van der Waals surface area contributed by atoms with Crippen LogP contribution in [0.25, 0.3) is 0 Å². The highest BCUT2D eigenvalue weighted by Crippen LogP contribution is 2.40. The van der Waals surface area contributed by atoms with E-state index in [0.717, 1.165) is 18.5 Å². The number of amidine groups is 1. The number of hydrogen-bond donors (Lipinski definition) is 1. The van der Waals surface area contributed by atoms with Crippen LogP contribution in [0.3, 0.4) is 0 Å². The van der Waals surface area contributed by atoms with Gasteiger partial charge < -0.3 is 9.73 Å². The van der Waals surface area contributed by atoms with Gasteiger partial charge in [-0.05, 0) is 49.2 Å². The molecule has 1 aromatic heterocycles. The van der Waals surface area contributed by atoms with Crippen LogP contribution in [0.2, 0.25) is 0 Å². The third-order valence-electron chi connectivity index (χ3n) is 4.91. The minimum atomic E-state index is -3.97. The second-order valence-corrected chi connectivity index (χ2v) is 8.59. The summed E-state index contributed by atoms with van der Waals surface area (Å²) in [6.45, 7) is 0. The summed E-state index contributed by atoms with van der Waals surface area (Å²) in [4.78, 5) is 13.9. The Morgan fingerprint density at radius 1 is 1.10 bits per heavy atom. The first kappa shape index (κ1) is 17.7. The fraction of sp³-hybridized carbons (Fsp3) is 0.143. The molecule has 8 heteroatoms. The van der Waals surface area contributed by atoms with Crippen molar-refractivity contribution >= 4 is 38.8 Å². The van der Waals surface area contributed by atoms with Gasteiger partial charge in [0.1, 0.15) is 11.2 Å². The molecule has 1 aliphatic heterocycles. The molecule has 2 aliphatic rings. The third-order valence-corrected chi connectivity index (χ3v) is 6.20. The topological polar surface area (TPSA) is 92.0 Å². The summed E-state index contributed by atoms with van der Waals surface area (Å²) in [6, 6.07) is 15.9. The maximum absolute atomic E-state index is 13.0. The van der Waals surface area contributed by atoms with E-state index in [9.17, 15) is 13.2 Å². The van der Waals surface area contributed by atoms with Crippen molar-refractivity contribution in [3.05, 3.63) is 72.7 Å². The lowest BCUT2D eigenvalue weighted by Crippen LogP contribution is -2.32. The first-order valence-corrected chi connectivity index (χ1v) is 10.6. The van der Waals surface area contributed by atoms with Crippen molar-refractivity contribution in [3.63, 3.8) is 0 Å². The maximum atomic E-state index is 13.0. The highest BCUT2D eigenvalue weighted by Gasteiger charge is 2.34. The van der Waals surface area contributed by atoms with Crippen molar-refractivity contribution < 1.29 is 17.6 Å². The van der Waals surface area contributed by atoms with Gasteiger partial charge in [-0.3, -0.25) is 9.69 Å². The number of anilines is 3. The van der Waals surface area contributed by atoms with Gasteiger partial charge in [0.05, 0.1) is 17.5 Å². The van der Waals surface area contributed by atoms with E-state index in [1.807, 2.05) is 30.3 Å². The number of para-hydroxylation sites is 1. The predicted octanol–water partition coefficient (Wildman–Crippen LogP) is 3.92. The molecule has 0 saturated heterocycles. The Balaban J connectivity index is 1.65. The Morgan fingerprint density at radius 2 is 1.90 bits per heavy atom. The molecule has 0 atom stereocenters. The van der Waals surface area contributed by atoms with Gasteiger partial charge >= 0.3 is 0 Å². The van der Waals surface area contributed by atoms with Crippen LogP contribution in [-0.4, -0.2) is 20.2 Å². The van der Waals surface area contributed by atoms with Gasteiger partial charge in [0.15, 0.2) is 5.84 Å². The van der Waals surface area contributed by atoms with Crippen LogP contribution in [0.15, 0.2) is 80.8 Å². The fourth-order valence-corrected chi connectivity index (χ4v) is 4.52. The molecule has 1 fully saturated rings. The zero-order valence-electron chi connectivity index (χ0n) is 15.3. The lowest BCUT2D eigenvalue weighted by molar-refractivity contribution is -0.117. The molecule has 3 aromatic rings. The summed E-state index contributed by atoms with van der Waals surface area (Å²) in [5, 5.41) is 2.80. The molecule has 0 spiro atoms. The summed E-state index contributed by atoms with van der Waals surface area (Å²) >= 11 is 0. The Hall–Kier alpha value is -3.39. The first-order valence-electron chi connectivity index (χ1n) is 9.20. The molecule has 1 N–H and O–H groups in total. The number of furan rings is 1. The van der Waals surface area contributed by atoms with Gasteiger partial charge in [-0.15, -0.1) is 4.40 Å². The number of carbonyl (C=O) groups is 1. The van der Waals surface area contributed by atoms with Crippen molar-refractivity contribution in [1.82, 2.24) is 0 Å². The molecule has 0 unspecified atom stereocenters. The van der Waals surface area contributed by atoms with Crippen LogP contribution >= 0.6 is 0 Å². The van der Waals surface area contributed by atoms with Gasteiger partial charge in [0.2, 0.25) is 5.91 Å². The zero-order valence-corrected chi connectivity index (χ0v) is 16.1. The van der Waals surface area contributed by atoms with Crippen molar-refractivity contribution in [3.8, 4) is 0 Å². The Bertz CT molecular complexity index is 1210. The van der Waals surface area contributed by atoms with Gasteiger partial charge in [0.25, 0.3) is 10.0 Å². The molecule has 2 heterocycles. The molecule has 7 nitrogen and oxygen atoms in total. The van der Waals surface area contributed by atoms with Crippen LogP contribution in [0, 0.1) is 5.92 Å². The van der Waals surface area contributed by atoms with Crippen molar-refractivity contribution in [2.24, 2.45) is 10.3 Å². The first-order chi connectivity index (χ1) is 14.0. The van der Waals surface area contributed by atoms with E-state index < -0.39 is 10.0 Å². The molecule has 0 radical (unpaired) electrons. The van der Waals surface area contributed by atoms with Crippen LogP contribution in [0.5, 0.6) is 0 Å². The van der Waals surface area contributed by atoms with Gasteiger partial charge in [-0.25, -0.2) is 0 Å². The SMILES string of the molecule is O=C(Nc1ccc2c(c1)S(=O)(=O)N=C(c1ccoc1)N2c1ccccc1)C1CC1. The van der Waals surface area contributed by atoms with Crippen molar-refractivity contribution in [2.75, 3.05) is 10.2 Å². The number of fused-ring (bicyclic) bond motifs is 1.